The van der Waals surface area contributed by atoms with Gasteiger partial charge in [0, 0.05) is 10.4 Å². The van der Waals surface area contributed by atoms with Crippen LogP contribution in [0.1, 0.15) is 25.3 Å². The van der Waals surface area contributed by atoms with Crippen LogP contribution in [-0.2, 0) is 9.47 Å². The third-order valence-electron chi connectivity index (χ3n) is 4.88. The molecule has 1 fully saturated rings. The van der Waals surface area contributed by atoms with Crippen molar-refractivity contribution in [2.24, 2.45) is 16.6 Å². The number of amidine groups is 1. The van der Waals surface area contributed by atoms with E-state index in [9.17, 15) is 10.5 Å². The molecule has 0 spiro atoms. The Kier molecular flexibility index (Phi) is 3.92. The van der Waals surface area contributed by atoms with Crippen LogP contribution in [0.5, 0.6) is 0 Å². The number of nitrogens with one attached hydrogen (secondary N) is 1. The van der Waals surface area contributed by atoms with E-state index in [1.54, 1.807) is 0 Å². The summed E-state index contributed by atoms with van der Waals surface area (Å²) in [7, 11) is 0. The van der Waals surface area contributed by atoms with Gasteiger partial charge in [-0.3, -0.25) is 5.73 Å². The summed E-state index contributed by atoms with van der Waals surface area (Å²) in [4.78, 5) is 2.96. The summed E-state index contributed by atoms with van der Waals surface area (Å²) in [5.74, 6) is -1.65. The summed E-state index contributed by atoms with van der Waals surface area (Å²) in [5, 5.41) is 20.0. The van der Waals surface area contributed by atoms with Gasteiger partial charge in [-0.05, 0) is 31.5 Å². The van der Waals surface area contributed by atoms with Crippen molar-refractivity contribution in [2.75, 3.05) is 13.2 Å². The van der Waals surface area contributed by atoms with Gasteiger partial charge >= 0.3 is 5.91 Å². The zero-order chi connectivity index (χ0) is 17.6. The highest BCUT2D eigenvalue weighted by atomic mass is 79.9. The van der Waals surface area contributed by atoms with E-state index in [0.29, 0.717) is 13.2 Å². The lowest BCUT2D eigenvalue weighted by molar-refractivity contribution is -0.693. The third-order valence-corrected chi connectivity index (χ3v) is 5.37. The maximum atomic E-state index is 10.1. The molecule has 24 heavy (non-hydrogen) atoms. The second-order valence-corrected chi connectivity index (χ2v) is 6.76. The summed E-state index contributed by atoms with van der Waals surface area (Å²) in [6.45, 7) is 4.26. The molecule has 6 nitrogen and oxygen atoms in total. The van der Waals surface area contributed by atoms with E-state index < -0.39 is 22.7 Å². The van der Waals surface area contributed by atoms with Crippen LogP contribution in [-0.4, -0.2) is 25.0 Å². The van der Waals surface area contributed by atoms with Crippen LogP contribution < -0.4 is 10.7 Å². The van der Waals surface area contributed by atoms with Gasteiger partial charge in [0.05, 0.1) is 25.4 Å². The van der Waals surface area contributed by atoms with Crippen LogP contribution in [0, 0.1) is 33.5 Å². The lowest BCUT2D eigenvalue weighted by Crippen LogP contribution is -2.91. The third kappa shape index (κ3) is 1.72. The molecular formula is C17H18BrN4O2+. The monoisotopic (exact) mass is 389 g/mol. The number of nitriles is 2. The first-order chi connectivity index (χ1) is 11.5. The Balaban J connectivity index is 2.23. The molecule has 0 bridgehead atoms. The summed E-state index contributed by atoms with van der Waals surface area (Å²) >= 11 is 3.44. The highest BCUT2D eigenvalue weighted by Crippen LogP contribution is 2.78. The number of fused-ring (bicyclic) bond motifs is 1. The molecule has 7 heteroatoms. The quantitative estimate of drug-likeness (QED) is 0.722. The molecule has 1 aromatic carbocycles. The Morgan fingerprint density at radius 3 is 2.42 bits per heavy atom. The first-order valence-corrected chi connectivity index (χ1v) is 8.56. The van der Waals surface area contributed by atoms with Gasteiger partial charge in [-0.15, -0.1) is 0 Å². The molecule has 0 unspecified atom stereocenters. The Bertz CT molecular complexity index is 791. The normalized spacial score (nSPS) is 32.4. The minimum Gasteiger partial charge on any atom is -0.314 e. The molecule has 3 N–H and O–H groups in total. The van der Waals surface area contributed by atoms with Crippen molar-refractivity contribution in [2.45, 2.75) is 25.7 Å². The molecule has 0 amide bonds. The number of halogens is 1. The van der Waals surface area contributed by atoms with Crippen molar-refractivity contribution < 1.29 is 14.5 Å². The van der Waals surface area contributed by atoms with Gasteiger partial charge in [-0.1, -0.05) is 28.1 Å². The number of nitrogens with two attached hydrogens (primary N) is 1. The van der Waals surface area contributed by atoms with Crippen LogP contribution in [0.4, 0.5) is 0 Å². The van der Waals surface area contributed by atoms with Gasteiger partial charge in [0.1, 0.15) is 0 Å². The number of rotatable bonds is 5. The fraction of sp³-hybridized carbons (Fsp3) is 0.471. The van der Waals surface area contributed by atoms with Crippen molar-refractivity contribution in [3.05, 3.63) is 34.3 Å². The van der Waals surface area contributed by atoms with Crippen LogP contribution in [0.2, 0.25) is 0 Å². The van der Waals surface area contributed by atoms with E-state index in [2.05, 4.69) is 33.1 Å². The van der Waals surface area contributed by atoms with Crippen molar-refractivity contribution in [1.82, 2.24) is 0 Å². The Hall–Kier alpha value is -1.93. The molecule has 3 atom stereocenters. The summed E-state index contributed by atoms with van der Waals surface area (Å²) in [5.41, 5.74) is 4.60. The SMILES string of the molecule is CCOC1(OCC)[NH+]=C(N)[C@@]2(C#N)[C@@H](c3cccc(Br)c3)[C@@]12C#N. The lowest BCUT2D eigenvalue weighted by Gasteiger charge is -2.29. The van der Waals surface area contributed by atoms with E-state index in [-0.39, 0.29) is 5.84 Å². The van der Waals surface area contributed by atoms with Gasteiger partial charge in [-0.25, -0.2) is 4.99 Å². The summed E-state index contributed by atoms with van der Waals surface area (Å²) < 4.78 is 12.5. The molecule has 1 aliphatic carbocycles. The lowest BCUT2D eigenvalue weighted by atomic mass is 9.93. The first-order valence-electron chi connectivity index (χ1n) is 7.76. The molecule has 124 valence electrons. The second kappa shape index (κ2) is 5.56. The Morgan fingerprint density at radius 2 is 1.92 bits per heavy atom. The minimum atomic E-state index is -1.43. The fourth-order valence-electron chi connectivity index (χ4n) is 4.04. The highest BCUT2D eigenvalue weighted by Gasteiger charge is 2.97. The number of nitrogens with zero attached hydrogens (tertiary/aromatic N) is 2. The summed E-state index contributed by atoms with van der Waals surface area (Å²) in [6, 6.07) is 12.1. The molecule has 1 heterocycles. The summed E-state index contributed by atoms with van der Waals surface area (Å²) in [6.07, 6.45) is 0. The maximum absolute atomic E-state index is 10.1. The molecule has 1 saturated carbocycles. The van der Waals surface area contributed by atoms with E-state index >= 15 is 0 Å². The zero-order valence-corrected chi connectivity index (χ0v) is 15.1. The molecule has 0 radical (unpaired) electrons. The Labute approximate surface area is 149 Å². The van der Waals surface area contributed by atoms with Gasteiger partial charge < -0.3 is 9.47 Å². The van der Waals surface area contributed by atoms with E-state index in [0.717, 1.165) is 10.0 Å². The molecule has 1 aromatic rings. The van der Waals surface area contributed by atoms with Gasteiger partial charge in [0.25, 0.3) is 5.84 Å². The van der Waals surface area contributed by atoms with Gasteiger partial charge in [0.15, 0.2) is 10.8 Å². The standard InChI is InChI=1S/C17H17BrN4O2/c1-3-23-17(24-4-2)16(10-20)13(11-6-5-7-12(18)8-11)15(16,9-19)14(21)22-17/h5-8,13H,3-4H2,1-2H3,(H2,21,22)/p+1/t13-,15-,16-/m1/s1. The average molecular weight is 390 g/mol. The largest absolute Gasteiger partial charge is 0.343 e. The van der Waals surface area contributed by atoms with E-state index in [1.807, 2.05) is 38.1 Å². The van der Waals surface area contributed by atoms with E-state index in [4.69, 9.17) is 15.2 Å². The van der Waals surface area contributed by atoms with Gasteiger partial charge in [-0.2, -0.15) is 10.5 Å². The van der Waals surface area contributed by atoms with Crippen molar-refractivity contribution >= 4 is 21.8 Å². The average Bonchev–Trinajstić information content (AvgIpc) is 3.14. The molecule has 2 aliphatic rings. The van der Waals surface area contributed by atoms with Crippen molar-refractivity contribution in [3.63, 3.8) is 0 Å². The second-order valence-electron chi connectivity index (χ2n) is 5.85. The molecule has 1 aliphatic heterocycles. The highest BCUT2D eigenvalue weighted by molar-refractivity contribution is 9.10. The van der Waals surface area contributed by atoms with Crippen molar-refractivity contribution in [3.8, 4) is 12.1 Å². The predicted molar refractivity (Wildman–Crippen MR) is 89.1 cm³/mol. The van der Waals surface area contributed by atoms with Crippen LogP contribution in [0.25, 0.3) is 0 Å². The number of hydrogen-bond acceptors (Lipinski definition) is 5. The predicted octanol–water partition coefficient (Wildman–Crippen LogP) is 0.744. The van der Waals surface area contributed by atoms with Crippen LogP contribution >= 0.6 is 15.9 Å². The van der Waals surface area contributed by atoms with Crippen molar-refractivity contribution in [1.29, 1.82) is 10.5 Å². The Morgan fingerprint density at radius 1 is 1.25 bits per heavy atom. The van der Waals surface area contributed by atoms with Crippen LogP contribution in [0.15, 0.2) is 28.7 Å². The number of hydrogen-bond donors (Lipinski definition) is 2. The topological polar surface area (TPSA) is 106 Å². The van der Waals surface area contributed by atoms with Gasteiger partial charge in [0.2, 0.25) is 0 Å². The molecule has 0 saturated heterocycles. The smallest absolute Gasteiger partial charge is 0.314 e. The molecule has 3 rings (SSSR count). The maximum Gasteiger partial charge on any atom is 0.343 e. The zero-order valence-electron chi connectivity index (χ0n) is 13.5. The number of ether oxygens (including phenoxy) is 2. The molecule has 0 aromatic heterocycles. The minimum absolute atomic E-state index is 0.221. The van der Waals surface area contributed by atoms with E-state index in [1.165, 1.54) is 0 Å². The first kappa shape index (κ1) is 16.9. The number of benzene rings is 1. The molecular weight excluding hydrogens is 372 g/mol. The fourth-order valence-corrected chi connectivity index (χ4v) is 4.46. The van der Waals surface area contributed by atoms with Crippen LogP contribution in [0.3, 0.4) is 0 Å².